The molecular formula is C11H11NO3S2. The van der Waals surface area contributed by atoms with Crippen molar-refractivity contribution in [2.24, 2.45) is 0 Å². The van der Waals surface area contributed by atoms with Crippen LogP contribution >= 0.6 is 12.2 Å². The third-order valence-corrected chi connectivity index (χ3v) is 5.07. The fourth-order valence-corrected chi connectivity index (χ4v) is 4.53. The zero-order valence-corrected chi connectivity index (χ0v) is 10.6. The highest BCUT2D eigenvalue weighted by atomic mass is 32.2. The molecule has 0 unspecified atom stereocenters. The largest absolute Gasteiger partial charge is 0.464 e. The SMILES string of the molecule is O=S1(=O)C[C@@H]2OC(=S)N(c3ccccc3)[C@@H]2C1. The Kier molecular flexibility index (Phi) is 2.38. The van der Waals surface area contributed by atoms with Gasteiger partial charge in [-0.1, -0.05) is 18.2 Å². The standard InChI is InChI=1S/C11H11NO3S2/c13-17(14)6-9-10(7-17)15-11(16)12(9)8-4-2-1-3-5-8/h1-5,9-10H,6-7H2/t9-,10+/m1/s1. The lowest BCUT2D eigenvalue weighted by Crippen LogP contribution is -2.36. The molecule has 0 amide bonds. The van der Waals surface area contributed by atoms with Crippen molar-refractivity contribution in [2.45, 2.75) is 12.1 Å². The first-order chi connectivity index (χ1) is 8.07. The van der Waals surface area contributed by atoms with Gasteiger partial charge in [0.25, 0.3) is 5.17 Å². The average molecular weight is 269 g/mol. The second-order valence-corrected chi connectivity index (χ2v) is 6.78. The zero-order valence-electron chi connectivity index (χ0n) is 8.94. The first-order valence-electron chi connectivity index (χ1n) is 5.32. The number of sulfone groups is 1. The van der Waals surface area contributed by atoms with Gasteiger partial charge in [-0.2, -0.15) is 0 Å². The number of para-hydroxylation sites is 1. The second kappa shape index (κ2) is 3.68. The van der Waals surface area contributed by atoms with Crippen molar-refractivity contribution in [3.8, 4) is 0 Å². The van der Waals surface area contributed by atoms with Crippen molar-refractivity contribution in [3.63, 3.8) is 0 Å². The molecule has 2 heterocycles. The molecule has 1 aromatic carbocycles. The Hall–Kier alpha value is -1.14. The maximum absolute atomic E-state index is 11.6. The van der Waals surface area contributed by atoms with E-state index in [1.807, 2.05) is 35.2 Å². The quantitative estimate of drug-likeness (QED) is 0.711. The van der Waals surface area contributed by atoms with E-state index in [9.17, 15) is 8.42 Å². The maximum Gasteiger partial charge on any atom is 0.264 e. The number of fused-ring (bicyclic) bond motifs is 1. The molecule has 0 spiro atoms. The Morgan fingerprint density at radius 2 is 1.94 bits per heavy atom. The molecule has 3 rings (SSSR count). The number of anilines is 1. The number of hydrogen-bond donors (Lipinski definition) is 0. The Morgan fingerprint density at radius 3 is 2.65 bits per heavy atom. The van der Waals surface area contributed by atoms with Gasteiger partial charge < -0.3 is 4.74 Å². The molecule has 0 aromatic heterocycles. The summed E-state index contributed by atoms with van der Waals surface area (Å²) >= 11 is 5.16. The van der Waals surface area contributed by atoms with E-state index in [0.717, 1.165) is 5.69 Å². The predicted molar refractivity (Wildman–Crippen MR) is 68.8 cm³/mol. The Morgan fingerprint density at radius 1 is 1.24 bits per heavy atom. The number of benzene rings is 1. The molecule has 2 aliphatic heterocycles. The first-order valence-corrected chi connectivity index (χ1v) is 7.55. The molecule has 2 fully saturated rings. The minimum atomic E-state index is -3.00. The van der Waals surface area contributed by atoms with Crippen molar-refractivity contribution in [3.05, 3.63) is 30.3 Å². The molecular weight excluding hydrogens is 258 g/mol. The number of thiocarbonyl (C=S) groups is 1. The fourth-order valence-electron chi connectivity index (χ4n) is 2.36. The van der Waals surface area contributed by atoms with Crippen LogP contribution in [0.1, 0.15) is 0 Å². The molecule has 4 nitrogen and oxygen atoms in total. The molecule has 1 aromatic rings. The number of hydrogen-bond acceptors (Lipinski definition) is 4. The number of rotatable bonds is 1. The summed E-state index contributed by atoms with van der Waals surface area (Å²) in [7, 11) is -3.00. The van der Waals surface area contributed by atoms with Crippen LogP contribution in [0.25, 0.3) is 0 Å². The van der Waals surface area contributed by atoms with E-state index in [2.05, 4.69) is 0 Å². The topological polar surface area (TPSA) is 46.6 Å². The molecule has 2 atom stereocenters. The summed E-state index contributed by atoms with van der Waals surface area (Å²) in [6.45, 7) is 0. The molecule has 17 heavy (non-hydrogen) atoms. The van der Waals surface area contributed by atoms with Gasteiger partial charge in [0, 0.05) is 5.69 Å². The zero-order chi connectivity index (χ0) is 12.0. The third-order valence-electron chi connectivity index (χ3n) is 3.09. The van der Waals surface area contributed by atoms with E-state index in [-0.39, 0.29) is 23.7 Å². The van der Waals surface area contributed by atoms with E-state index in [0.29, 0.717) is 5.17 Å². The molecule has 90 valence electrons. The molecule has 2 saturated heterocycles. The molecule has 0 bridgehead atoms. The minimum absolute atomic E-state index is 0.0706. The van der Waals surface area contributed by atoms with E-state index < -0.39 is 9.84 Å². The smallest absolute Gasteiger partial charge is 0.264 e. The molecule has 0 radical (unpaired) electrons. The molecule has 6 heteroatoms. The van der Waals surface area contributed by atoms with Crippen LogP contribution in [0.4, 0.5) is 5.69 Å². The Bertz CT molecular complexity index is 555. The van der Waals surface area contributed by atoms with Crippen molar-refractivity contribution < 1.29 is 13.2 Å². The van der Waals surface area contributed by atoms with Gasteiger partial charge in [-0.3, -0.25) is 4.90 Å². The summed E-state index contributed by atoms with van der Waals surface area (Å²) in [5, 5.41) is 0.376. The molecule has 0 saturated carbocycles. The fraction of sp³-hybridized carbons (Fsp3) is 0.364. The highest BCUT2D eigenvalue weighted by Crippen LogP contribution is 2.32. The van der Waals surface area contributed by atoms with E-state index in [1.54, 1.807) is 0 Å². The van der Waals surface area contributed by atoms with Crippen LogP contribution in [0.2, 0.25) is 0 Å². The first kappa shape index (κ1) is 11.0. The minimum Gasteiger partial charge on any atom is -0.464 e. The van der Waals surface area contributed by atoms with Gasteiger partial charge in [-0.15, -0.1) is 0 Å². The van der Waals surface area contributed by atoms with Crippen LogP contribution < -0.4 is 4.90 Å². The van der Waals surface area contributed by atoms with Crippen LogP contribution in [-0.2, 0) is 14.6 Å². The summed E-state index contributed by atoms with van der Waals surface area (Å²) in [5.41, 5.74) is 0.891. The average Bonchev–Trinajstić information content (AvgIpc) is 2.69. The highest BCUT2D eigenvalue weighted by molar-refractivity contribution is 7.91. The summed E-state index contributed by atoms with van der Waals surface area (Å²) in [5.74, 6) is 0.188. The Balaban J connectivity index is 1.98. The number of ether oxygens (including phenoxy) is 1. The lowest BCUT2D eigenvalue weighted by Gasteiger charge is -2.21. The van der Waals surface area contributed by atoms with Crippen molar-refractivity contribution in [2.75, 3.05) is 16.4 Å². The maximum atomic E-state index is 11.6. The molecule has 2 aliphatic rings. The monoisotopic (exact) mass is 269 g/mol. The predicted octanol–water partition coefficient (Wildman–Crippen LogP) is 0.974. The van der Waals surface area contributed by atoms with E-state index in [4.69, 9.17) is 17.0 Å². The van der Waals surface area contributed by atoms with Crippen molar-refractivity contribution >= 4 is 32.9 Å². The lowest BCUT2D eigenvalue weighted by molar-refractivity contribution is 0.244. The van der Waals surface area contributed by atoms with Gasteiger partial charge in [0.15, 0.2) is 9.84 Å². The molecule has 0 aliphatic carbocycles. The van der Waals surface area contributed by atoms with E-state index >= 15 is 0 Å². The third kappa shape index (κ3) is 1.81. The summed E-state index contributed by atoms with van der Waals surface area (Å²) < 4.78 is 28.6. The van der Waals surface area contributed by atoms with Gasteiger partial charge in [0.05, 0.1) is 17.5 Å². The van der Waals surface area contributed by atoms with Gasteiger partial charge in [-0.05, 0) is 24.4 Å². The van der Waals surface area contributed by atoms with Crippen LogP contribution in [0, 0.1) is 0 Å². The van der Waals surface area contributed by atoms with Gasteiger partial charge in [0.2, 0.25) is 0 Å². The summed E-state index contributed by atoms with van der Waals surface area (Å²) in [6.07, 6.45) is -0.312. The normalized spacial score (nSPS) is 30.1. The van der Waals surface area contributed by atoms with Gasteiger partial charge in [0.1, 0.15) is 6.10 Å². The number of nitrogens with zero attached hydrogens (tertiary/aromatic N) is 1. The summed E-state index contributed by atoms with van der Waals surface area (Å²) in [6, 6.07) is 9.34. The summed E-state index contributed by atoms with van der Waals surface area (Å²) in [4.78, 5) is 1.81. The highest BCUT2D eigenvalue weighted by Gasteiger charge is 2.49. The Labute approximate surface area is 105 Å². The van der Waals surface area contributed by atoms with E-state index in [1.165, 1.54) is 0 Å². The lowest BCUT2D eigenvalue weighted by atomic mass is 10.2. The van der Waals surface area contributed by atoms with Crippen LogP contribution in [0.15, 0.2) is 30.3 Å². The van der Waals surface area contributed by atoms with Crippen LogP contribution in [0.5, 0.6) is 0 Å². The van der Waals surface area contributed by atoms with Crippen LogP contribution in [0.3, 0.4) is 0 Å². The van der Waals surface area contributed by atoms with Crippen molar-refractivity contribution in [1.29, 1.82) is 0 Å². The van der Waals surface area contributed by atoms with Crippen molar-refractivity contribution in [1.82, 2.24) is 0 Å². The molecule has 0 N–H and O–H groups in total. The van der Waals surface area contributed by atoms with Crippen LogP contribution in [-0.4, -0.2) is 37.2 Å². The van der Waals surface area contributed by atoms with Gasteiger partial charge >= 0.3 is 0 Å². The van der Waals surface area contributed by atoms with Gasteiger partial charge in [-0.25, -0.2) is 8.42 Å². The second-order valence-electron chi connectivity index (χ2n) is 4.27.